The molecule has 0 aromatic carbocycles. The molecule has 2 N–H and O–H groups in total. The normalized spacial score (nSPS) is 13.6. The number of hydrogen-bond acceptors (Lipinski definition) is 3. The summed E-state index contributed by atoms with van der Waals surface area (Å²) in [7, 11) is 0. The first-order chi connectivity index (χ1) is 8.39. The molecule has 0 aliphatic rings. The maximum Gasteiger partial charge on any atom is 0.416 e. The van der Waals surface area contributed by atoms with Crippen molar-refractivity contribution in [2.75, 3.05) is 0 Å². The monoisotopic (exact) mass is 320 g/mol. The average Bonchev–Trinajstić information content (AvgIpc) is 2.74. The van der Waals surface area contributed by atoms with Crippen LogP contribution in [0.1, 0.15) is 22.9 Å². The molecular formula is C11H8BrF3N2O. The lowest BCUT2D eigenvalue weighted by atomic mass is 10.0. The van der Waals surface area contributed by atoms with E-state index in [0.717, 1.165) is 18.5 Å². The Morgan fingerprint density at radius 3 is 2.56 bits per heavy atom. The second kappa shape index (κ2) is 4.74. The number of aromatic nitrogens is 1. The molecule has 2 aromatic heterocycles. The summed E-state index contributed by atoms with van der Waals surface area (Å²) in [4.78, 5) is 3.68. The maximum atomic E-state index is 12.8. The number of rotatable bonds is 2. The number of nitrogens with zero attached hydrogens (tertiary/aromatic N) is 1. The Kier molecular flexibility index (Phi) is 3.45. The molecule has 7 heteroatoms. The van der Waals surface area contributed by atoms with Crippen LogP contribution >= 0.6 is 15.9 Å². The zero-order chi connectivity index (χ0) is 13.3. The minimum Gasteiger partial charge on any atom is -0.452 e. The van der Waals surface area contributed by atoms with E-state index in [4.69, 9.17) is 10.2 Å². The molecule has 0 saturated heterocycles. The number of alkyl halides is 3. The van der Waals surface area contributed by atoms with Gasteiger partial charge in [-0.1, -0.05) is 0 Å². The lowest BCUT2D eigenvalue weighted by molar-refractivity contribution is -0.138. The van der Waals surface area contributed by atoms with Crippen molar-refractivity contribution in [3.8, 4) is 0 Å². The van der Waals surface area contributed by atoms with Crippen molar-refractivity contribution in [3.63, 3.8) is 0 Å². The van der Waals surface area contributed by atoms with Crippen molar-refractivity contribution in [1.29, 1.82) is 0 Å². The Morgan fingerprint density at radius 2 is 2.00 bits per heavy atom. The predicted molar refractivity (Wildman–Crippen MR) is 61.7 cm³/mol. The minimum atomic E-state index is -4.47. The van der Waals surface area contributed by atoms with E-state index in [1.54, 1.807) is 6.07 Å². The molecule has 3 nitrogen and oxygen atoms in total. The highest BCUT2D eigenvalue weighted by atomic mass is 79.9. The zero-order valence-corrected chi connectivity index (χ0v) is 10.5. The van der Waals surface area contributed by atoms with Gasteiger partial charge in [-0.3, -0.25) is 4.98 Å². The number of nitrogens with two attached hydrogens (primary N) is 1. The van der Waals surface area contributed by atoms with Crippen LogP contribution in [0.15, 0.2) is 39.7 Å². The summed E-state index contributed by atoms with van der Waals surface area (Å²) in [6.07, 6.45) is -2.29. The van der Waals surface area contributed by atoms with Gasteiger partial charge in [0, 0.05) is 18.0 Å². The van der Waals surface area contributed by atoms with E-state index in [2.05, 4.69) is 20.9 Å². The first-order valence-electron chi connectivity index (χ1n) is 4.91. The smallest absolute Gasteiger partial charge is 0.416 e. The molecule has 0 radical (unpaired) electrons. The van der Waals surface area contributed by atoms with Gasteiger partial charge in [-0.15, -0.1) is 0 Å². The van der Waals surface area contributed by atoms with Crippen LogP contribution in [0.2, 0.25) is 0 Å². The highest BCUT2D eigenvalue weighted by Gasteiger charge is 2.35. The lowest BCUT2D eigenvalue weighted by Gasteiger charge is -2.15. The molecule has 0 spiro atoms. The molecule has 1 unspecified atom stereocenters. The van der Waals surface area contributed by atoms with Crippen LogP contribution in [-0.2, 0) is 6.18 Å². The predicted octanol–water partition coefficient (Wildman–Crippen LogP) is 3.50. The fourth-order valence-corrected chi connectivity index (χ4v) is 1.88. The standard InChI is InChI=1S/C11H8BrF3N2O/c12-9-2-1-8(18-9)10(16)6-5-17-4-3-7(6)11(13,14)15/h1-5,10H,16H2. The van der Waals surface area contributed by atoms with Crippen LogP contribution in [0.4, 0.5) is 13.2 Å². The van der Waals surface area contributed by atoms with Crippen LogP contribution in [0.25, 0.3) is 0 Å². The van der Waals surface area contributed by atoms with Gasteiger partial charge in [0.2, 0.25) is 0 Å². The molecule has 2 rings (SSSR count). The van der Waals surface area contributed by atoms with Crippen molar-refractivity contribution in [1.82, 2.24) is 4.98 Å². The molecule has 18 heavy (non-hydrogen) atoms. The van der Waals surface area contributed by atoms with Gasteiger partial charge in [-0.25, -0.2) is 0 Å². The Balaban J connectivity index is 2.45. The third-order valence-corrected chi connectivity index (χ3v) is 2.82. The van der Waals surface area contributed by atoms with E-state index in [-0.39, 0.29) is 11.3 Å². The highest BCUT2D eigenvalue weighted by molar-refractivity contribution is 9.10. The fraction of sp³-hybridized carbons (Fsp3) is 0.182. The number of hydrogen-bond donors (Lipinski definition) is 1. The summed E-state index contributed by atoms with van der Waals surface area (Å²) in [6.45, 7) is 0. The third-order valence-electron chi connectivity index (χ3n) is 2.39. The van der Waals surface area contributed by atoms with Crippen LogP contribution in [0.5, 0.6) is 0 Å². The first kappa shape index (κ1) is 13.1. The molecule has 2 heterocycles. The van der Waals surface area contributed by atoms with E-state index in [9.17, 15) is 13.2 Å². The lowest BCUT2D eigenvalue weighted by Crippen LogP contribution is -2.18. The molecule has 0 amide bonds. The van der Waals surface area contributed by atoms with E-state index >= 15 is 0 Å². The van der Waals surface area contributed by atoms with Gasteiger partial charge >= 0.3 is 6.18 Å². The van der Waals surface area contributed by atoms with E-state index in [1.807, 2.05) is 0 Å². The molecule has 0 fully saturated rings. The highest BCUT2D eigenvalue weighted by Crippen LogP contribution is 2.35. The van der Waals surface area contributed by atoms with Crippen molar-refractivity contribution < 1.29 is 17.6 Å². The van der Waals surface area contributed by atoms with Gasteiger partial charge in [0.05, 0.1) is 11.6 Å². The summed E-state index contributed by atoms with van der Waals surface area (Å²) in [5, 5.41) is 0. The van der Waals surface area contributed by atoms with E-state index in [0.29, 0.717) is 4.67 Å². The number of pyridine rings is 1. The molecule has 0 aliphatic heterocycles. The largest absolute Gasteiger partial charge is 0.452 e. The minimum absolute atomic E-state index is 0.119. The van der Waals surface area contributed by atoms with Crippen molar-refractivity contribution in [3.05, 3.63) is 52.1 Å². The average molecular weight is 321 g/mol. The summed E-state index contributed by atoms with van der Waals surface area (Å²) >= 11 is 3.07. The van der Waals surface area contributed by atoms with Crippen molar-refractivity contribution in [2.45, 2.75) is 12.2 Å². The number of halogens is 4. The molecule has 0 saturated carbocycles. The Hall–Kier alpha value is -1.34. The quantitative estimate of drug-likeness (QED) is 0.921. The summed E-state index contributed by atoms with van der Waals surface area (Å²) < 4.78 is 44.0. The van der Waals surface area contributed by atoms with Crippen molar-refractivity contribution >= 4 is 15.9 Å². The van der Waals surface area contributed by atoms with Gasteiger partial charge in [0.25, 0.3) is 0 Å². The van der Waals surface area contributed by atoms with Gasteiger partial charge in [0.15, 0.2) is 4.67 Å². The molecule has 0 bridgehead atoms. The van der Waals surface area contributed by atoms with Gasteiger partial charge < -0.3 is 10.2 Å². The van der Waals surface area contributed by atoms with Gasteiger partial charge in [-0.05, 0) is 34.1 Å². The summed E-state index contributed by atoms with van der Waals surface area (Å²) in [6, 6.07) is 2.97. The third kappa shape index (κ3) is 2.56. The molecule has 0 aliphatic carbocycles. The van der Waals surface area contributed by atoms with Crippen LogP contribution in [-0.4, -0.2) is 4.98 Å². The summed E-state index contributed by atoms with van der Waals surface area (Å²) in [5.41, 5.74) is 4.85. The second-order valence-corrected chi connectivity index (χ2v) is 4.36. The van der Waals surface area contributed by atoms with Crippen LogP contribution in [0.3, 0.4) is 0 Å². The Bertz CT molecular complexity index is 553. The van der Waals surface area contributed by atoms with Crippen LogP contribution in [0, 0.1) is 0 Å². The number of furan rings is 1. The topological polar surface area (TPSA) is 52.0 Å². The molecular weight excluding hydrogens is 313 g/mol. The van der Waals surface area contributed by atoms with Crippen LogP contribution < -0.4 is 5.73 Å². The molecule has 96 valence electrons. The van der Waals surface area contributed by atoms with E-state index < -0.39 is 17.8 Å². The first-order valence-corrected chi connectivity index (χ1v) is 5.71. The fourth-order valence-electron chi connectivity index (χ4n) is 1.56. The second-order valence-electron chi connectivity index (χ2n) is 3.58. The van der Waals surface area contributed by atoms with E-state index in [1.165, 1.54) is 6.07 Å². The zero-order valence-electron chi connectivity index (χ0n) is 8.91. The SMILES string of the molecule is NC(c1ccc(Br)o1)c1cnccc1C(F)(F)F. The maximum absolute atomic E-state index is 12.8. The van der Waals surface area contributed by atoms with Crippen molar-refractivity contribution in [2.24, 2.45) is 5.73 Å². The Labute approximate surface area is 109 Å². The molecule has 1 atom stereocenters. The Morgan fingerprint density at radius 1 is 1.28 bits per heavy atom. The van der Waals surface area contributed by atoms with Gasteiger partial charge in [0.1, 0.15) is 5.76 Å². The molecule has 2 aromatic rings. The summed E-state index contributed by atoms with van der Waals surface area (Å²) in [5.74, 6) is 0.236. The van der Waals surface area contributed by atoms with Gasteiger partial charge in [-0.2, -0.15) is 13.2 Å².